The Morgan fingerprint density at radius 2 is 2.03 bits per heavy atom. The van der Waals surface area contributed by atoms with E-state index in [0.29, 0.717) is 28.5 Å². The molecule has 4 aromatic rings. The maximum Gasteiger partial charge on any atom is 0.251 e. The van der Waals surface area contributed by atoms with Gasteiger partial charge in [0.15, 0.2) is 5.82 Å². The summed E-state index contributed by atoms with van der Waals surface area (Å²) in [5, 5.41) is 11.0. The van der Waals surface area contributed by atoms with E-state index >= 15 is 0 Å². The Hall–Kier alpha value is -2.88. The monoisotopic (exact) mass is 506 g/mol. The minimum Gasteiger partial charge on any atom is -0.352 e. The molecule has 7 nitrogen and oxygen atoms in total. The highest BCUT2D eigenvalue weighted by Gasteiger charge is 2.20. The molecule has 2 aliphatic rings. The second-order valence-electron chi connectivity index (χ2n) is 9.81. The number of carbonyl (C=O) groups excluding carboxylic acids is 1. The molecule has 1 amide bonds. The third kappa shape index (κ3) is 4.75. The van der Waals surface area contributed by atoms with E-state index in [0.717, 1.165) is 48.1 Å². The normalized spacial score (nSPS) is 18.9. The Balaban J connectivity index is 1.14. The molecule has 0 bridgehead atoms. The quantitative estimate of drug-likeness (QED) is 0.353. The lowest BCUT2D eigenvalue weighted by Crippen LogP contribution is -2.33. The highest BCUT2D eigenvalue weighted by molar-refractivity contribution is 7.23. The Morgan fingerprint density at radius 1 is 1.14 bits per heavy atom. The number of nitrogens with zero attached hydrogens (tertiary/aromatic N) is 4. The van der Waals surface area contributed by atoms with Gasteiger partial charge in [0.1, 0.15) is 5.82 Å². The van der Waals surface area contributed by atoms with E-state index in [4.69, 9.17) is 0 Å². The minimum absolute atomic E-state index is 0.0610. The zero-order valence-electron chi connectivity index (χ0n) is 20.3. The van der Waals surface area contributed by atoms with Gasteiger partial charge in [0.25, 0.3) is 5.91 Å². The first-order valence-corrected chi connectivity index (χ1v) is 13.8. The summed E-state index contributed by atoms with van der Waals surface area (Å²) in [6, 6.07) is 11.2. The van der Waals surface area contributed by atoms with Crippen LogP contribution in [0.2, 0.25) is 0 Å². The van der Waals surface area contributed by atoms with Crippen LogP contribution in [0.3, 0.4) is 0 Å². The first-order chi connectivity index (χ1) is 17.7. The van der Waals surface area contributed by atoms with E-state index in [1.807, 2.05) is 24.3 Å². The average molecular weight is 507 g/mol. The lowest BCUT2D eigenvalue weighted by Gasteiger charge is -2.26. The maximum absolute atomic E-state index is 15.0. The predicted octanol–water partition coefficient (Wildman–Crippen LogP) is 4.78. The van der Waals surface area contributed by atoms with Crippen molar-refractivity contribution in [2.45, 2.75) is 44.6 Å². The molecule has 0 aliphatic carbocycles. The van der Waals surface area contributed by atoms with Crippen LogP contribution in [0.4, 0.5) is 4.39 Å². The molecular weight excluding hydrogens is 475 g/mol. The molecule has 2 saturated heterocycles. The number of aromatic nitrogens is 3. The molecule has 36 heavy (non-hydrogen) atoms. The number of hydrogen-bond donors (Lipinski definition) is 2. The van der Waals surface area contributed by atoms with Gasteiger partial charge in [-0.3, -0.25) is 4.79 Å². The van der Waals surface area contributed by atoms with E-state index < -0.39 is 0 Å². The van der Waals surface area contributed by atoms with Crippen LogP contribution in [0.1, 0.15) is 60.5 Å². The highest BCUT2D eigenvalue weighted by atomic mass is 32.1. The molecule has 1 unspecified atom stereocenters. The number of halogens is 1. The van der Waals surface area contributed by atoms with Crippen LogP contribution in [0.15, 0.2) is 36.4 Å². The Kier molecular flexibility index (Phi) is 6.69. The third-order valence-electron chi connectivity index (χ3n) is 7.31. The van der Waals surface area contributed by atoms with Crippen molar-refractivity contribution in [3.05, 3.63) is 53.3 Å². The topological polar surface area (TPSA) is 74.6 Å². The number of benzene rings is 2. The SMILES string of the molecule is O=C(NCCCN1CCCCC1)c1ccc2c(c1)sc1nc(-c3ccc(C4CCCN4)cc3F)nn12. The molecule has 2 N–H and O–H groups in total. The Bertz CT molecular complexity index is 1390. The molecular formula is C27H31FN6OS. The van der Waals surface area contributed by atoms with Gasteiger partial charge in [-0.25, -0.2) is 8.91 Å². The Morgan fingerprint density at radius 3 is 2.83 bits per heavy atom. The number of piperidine rings is 1. The zero-order valence-corrected chi connectivity index (χ0v) is 21.1. The van der Waals surface area contributed by atoms with Gasteiger partial charge in [0.2, 0.25) is 4.96 Å². The fourth-order valence-corrected chi connectivity index (χ4v) is 6.33. The molecule has 2 fully saturated rings. The van der Waals surface area contributed by atoms with Crippen molar-refractivity contribution in [1.29, 1.82) is 0 Å². The van der Waals surface area contributed by atoms with Crippen molar-refractivity contribution in [3.8, 4) is 11.4 Å². The largest absolute Gasteiger partial charge is 0.352 e. The molecule has 6 rings (SSSR count). The molecule has 0 saturated carbocycles. The van der Waals surface area contributed by atoms with E-state index in [-0.39, 0.29) is 17.8 Å². The van der Waals surface area contributed by atoms with Gasteiger partial charge in [-0.05, 0) is 94.2 Å². The summed E-state index contributed by atoms with van der Waals surface area (Å²) in [6.07, 6.45) is 7.01. The first-order valence-electron chi connectivity index (χ1n) is 13.0. The molecule has 1 atom stereocenters. The van der Waals surface area contributed by atoms with Crippen LogP contribution >= 0.6 is 11.3 Å². The Labute approximate surface area is 213 Å². The fourth-order valence-electron chi connectivity index (χ4n) is 5.33. The number of rotatable bonds is 7. The number of nitrogens with one attached hydrogen (secondary N) is 2. The minimum atomic E-state index is -0.303. The summed E-state index contributed by atoms with van der Waals surface area (Å²) in [5.41, 5.74) is 2.87. The number of likely N-dealkylation sites (tertiary alicyclic amines) is 1. The molecule has 0 spiro atoms. The number of carbonyl (C=O) groups is 1. The van der Waals surface area contributed by atoms with Crippen molar-refractivity contribution in [2.24, 2.45) is 0 Å². The number of hydrogen-bond acceptors (Lipinski definition) is 6. The second kappa shape index (κ2) is 10.2. The molecule has 4 heterocycles. The van der Waals surface area contributed by atoms with Crippen molar-refractivity contribution < 1.29 is 9.18 Å². The van der Waals surface area contributed by atoms with E-state index in [2.05, 4.69) is 25.6 Å². The van der Waals surface area contributed by atoms with Crippen molar-refractivity contribution in [2.75, 3.05) is 32.7 Å². The predicted molar refractivity (Wildman–Crippen MR) is 141 cm³/mol. The van der Waals surface area contributed by atoms with Gasteiger partial charge in [-0.2, -0.15) is 4.98 Å². The smallest absolute Gasteiger partial charge is 0.251 e. The summed E-state index contributed by atoms with van der Waals surface area (Å²) in [6.45, 7) is 5.04. The van der Waals surface area contributed by atoms with Crippen LogP contribution in [-0.4, -0.2) is 58.1 Å². The van der Waals surface area contributed by atoms with Gasteiger partial charge in [-0.15, -0.1) is 5.10 Å². The van der Waals surface area contributed by atoms with Gasteiger partial charge in [0.05, 0.1) is 15.8 Å². The third-order valence-corrected chi connectivity index (χ3v) is 8.30. The molecule has 9 heteroatoms. The van der Waals surface area contributed by atoms with E-state index in [1.165, 1.54) is 43.7 Å². The summed E-state index contributed by atoms with van der Waals surface area (Å²) in [4.78, 5) is 20.4. The van der Waals surface area contributed by atoms with Crippen LogP contribution in [0, 0.1) is 5.82 Å². The van der Waals surface area contributed by atoms with E-state index in [9.17, 15) is 9.18 Å². The van der Waals surface area contributed by atoms with Gasteiger partial charge >= 0.3 is 0 Å². The molecule has 2 aromatic carbocycles. The van der Waals surface area contributed by atoms with Crippen LogP contribution in [0.25, 0.3) is 26.6 Å². The molecule has 188 valence electrons. The molecule has 0 radical (unpaired) electrons. The van der Waals surface area contributed by atoms with Crippen LogP contribution < -0.4 is 10.6 Å². The summed E-state index contributed by atoms with van der Waals surface area (Å²) in [5.74, 6) is 0.0132. The maximum atomic E-state index is 15.0. The standard InChI is InChI=1S/C27H31FN6OS/c28-21-16-18(22-6-4-11-29-22)7-9-20(21)25-31-27-34(32-25)23-10-8-19(17-24(23)36-27)26(35)30-12-5-15-33-13-2-1-3-14-33/h7-10,16-17,22,29H,1-6,11-15H2,(H,30,35). The number of thiazole rings is 1. The van der Waals surface area contributed by atoms with Crippen molar-refractivity contribution >= 4 is 32.4 Å². The number of amides is 1. The van der Waals surface area contributed by atoms with Gasteiger partial charge in [-0.1, -0.05) is 23.8 Å². The van der Waals surface area contributed by atoms with Crippen molar-refractivity contribution in [3.63, 3.8) is 0 Å². The second-order valence-corrected chi connectivity index (χ2v) is 10.8. The fraction of sp³-hybridized carbons (Fsp3) is 0.444. The van der Waals surface area contributed by atoms with Crippen LogP contribution in [0.5, 0.6) is 0 Å². The average Bonchev–Trinajstić information content (AvgIpc) is 3.63. The zero-order chi connectivity index (χ0) is 24.5. The first kappa shape index (κ1) is 23.5. The van der Waals surface area contributed by atoms with E-state index in [1.54, 1.807) is 16.6 Å². The summed E-state index contributed by atoms with van der Waals surface area (Å²) >= 11 is 1.46. The highest BCUT2D eigenvalue weighted by Crippen LogP contribution is 2.31. The van der Waals surface area contributed by atoms with Gasteiger partial charge < -0.3 is 15.5 Å². The van der Waals surface area contributed by atoms with Crippen molar-refractivity contribution in [1.82, 2.24) is 30.1 Å². The lowest BCUT2D eigenvalue weighted by atomic mass is 10.0. The molecule has 2 aliphatic heterocycles. The lowest BCUT2D eigenvalue weighted by molar-refractivity contribution is 0.0951. The summed E-state index contributed by atoms with van der Waals surface area (Å²) in [7, 11) is 0. The van der Waals surface area contributed by atoms with Gasteiger partial charge in [0, 0.05) is 18.2 Å². The number of fused-ring (bicyclic) bond motifs is 3. The summed E-state index contributed by atoms with van der Waals surface area (Å²) < 4.78 is 17.6. The van der Waals surface area contributed by atoms with Crippen LogP contribution in [-0.2, 0) is 0 Å². The molecule has 2 aromatic heterocycles.